The van der Waals surface area contributed by atoms with Crippen LogP contribution < -0.4 is 5.73 Å². The summed E-state index contributed by atoms with van der Waals surface area (Å²) in [4.78, 5) is 22.7. The van der Waals surface area contributed by atoms with Gasteiger partial charge in [-0.25, -0.2) is 27.5 Å². The molecule has 3 heterocycles. The number of halogens is 3. The van der Waals surface area contributed by atoms with E-state index < -0.39 is 23.4 Å². The minimum Gasteiger partial charge on any atom is -0.453 e. The first-order valence-electron chi connectivity index (χ1n) is 15.1. The summed E-state index contributed by atoms with van der Waals surface area (Å²) in [7, 11) is 3.08. The molecule has 2 aliphatic carbocycles. The number of methoxy groups -OCH3 is 1. The van der Waals surface area contributed by atoms with Gasteiger partial charge in [0.2, 0.25) is 0 Å². The molecule has 44 heavy (non-hydrogen) atoms. The quantitative estimate of drug-likeness (QED) is 0.276. The molecule has 2 aliphatic rings. The van der Waals surface area contributed by atoms with E-state index in [9.17, 15) is 4.79 Å². The summed E-state index contributed by atoms with van der Waals surface area (Å²) in [6.45, 7) is 2.09. The summed E-state index contributed by atoms with van der Waals surface area (Å²) >= 11 is 0. The van der Waals surface area contributed by atoms with Crippen LogP contribution >= 0.6 is 0 Å². The van der Waals surface area contributed by atoms with Gasteiger partial charge < -0.3 is 15.4 Å². The zero-order chi connectivity index (χ0) is 31.2. The van der Waals surface area contributed by atoms with Crippen molar-refractivity contribution in [2.45, 2.75) is 75.5 Å². The number of nitrogens with zero attached hydrogens (tertiary/aromatic N) is 5. The molecule has 232 valence electrons. The van der Waals surface area contributed by atoms with E-state index in [0.717, 1.165) is 29.7 Å². The van der Waals surface area contributed by atoms with Gasteiger partial charge in [0.15, 0.2) is 0 Å². The number of ether oxygens (including phenoxy) is 1. The first kappa shape index (κ1) is 30.1. The maximum atomic E-state index is 15.3. The van der Waals surface area contributed by atoms with Crippen LogP contribution in [0.4, 0.5) is 18.0 Å². The maximum absolute atomic E-state index is 15.3. The van der Waals surface area contributed by atoms with Crippen LogP contribution in [-0.4, -0.2) is 56.8 Å². The Hall–Kier alpha value is -3.99. The highest BCUT2D eigenvalue weighted by Gasteiger charge is 2.39. The Labute approximate surface area is 254 Å². The number of imidazole rings is 1. The number of hydrogen-bond acceptors (Lipinski definition) is 6. The maximum Gasteiger partial charge on any atom is 0.409 e. The third-order valence-electron chi connectivity index (χ3n) is 9.54. The molecule has 4 atom stereocenters. The Morgan fingerprint density at radius 1 is 1.14 bits per heavy atom. The Morgan fingerprint density at radius 2 is 1.86 bits per heavy atom. The lowest BCUT2D eigenvalue weighted by molar-refractivity contribution is 0.0777. The highest BCUT2D eigenvalue weighted by atomic mass is 19.1. The molecule has 2 saturated carbocycles. The van der Waals surface area contributed by atoms with Crippen LogP contribution in [0.25, 0.3) is 16.8 Å². The molecule has 2 fully saturated rings. The molecule has 4 aromatic rings. The predicted octanol–water partition coefficient (Wildman–Crippen LogP) is 6.31. The molecule has 6 rings (SSSR count). The van der Waals surface area contributed by atoms with Crippen LogP contribution in [0.2, 0.25) is 0 Å². The summed E-state index contributed by atoms with van der Waals surface area (Å²) in [6.07, 6.45) is 8.61. The fourth-order valence-corrected chi connectivity index (χ4v) is 7.41. The van der Waals surface area contributed by atoms with E-state index in [1.165, 1.54) is 7.11 Å². The summed E-state index contributed by atoms with van der Waals surface area (Å²) in [5.74, 6) is -0.840. The number of hydrogen-bond donors (Lipinski definition) is 1. The van der Waals surface area contributed by atoms with Crippen LogP contribution in [0, 0.1) is 17.6 Å². The molecule has 0 unspecified atom stereocenters. The van der Waals surface area contributed by atoms with Crippen molar-refractivity contribution in [3.63, 3.8) is 0 Å². The second kappa shape index (κ2) is 11.8. The Kier molecular flexibility index (Phi) is 8.08. The minimum absolute atomic E-state index is 0.0438. The lowest BCUT2D eigenvalue weighted by Crippen LogP contribution is -2.55. The van der Waals surface area contributed by atoms with Gasteiger partial charge in [-0.3, -0.25) is 4.98 Å². The van der Waals surface area contributed by atoms with Crippen molar-refractivity contribution < 1.29 is 22.7 Å². The average Bonchev–Trinajstić information content (AvgIpc) is 3.63. The fourth-order valence-electron chi connectivity index (χ4n) is 7.41. The molecule has 8 nitrogen and oxygen atoms in total. The van der Waals surface area contributed by atoms with Gasteiger partial charge in [0.1, 0.15) is 23.1 Å². The van der Waals surface area contributed by atoms with Gasteiger partial charge in [0, 0.05) is 31.9 Å². The molecule has 3 aromatic heterocycles. The first-order chi connectivity index (χ1) is 21.1. The second-order valence-electron chi connectivity index (χ2n) is 12.3. The van der Waals surface area contributed by atoms with Crippen molar-refractivity contribution >= 4 is 11.6 Å². The first-order valence-corrected chi connectivity index (χ1v) is 15.1. The van der Waals surface area contributed by atoms with Gasteiger partial charge in [0.05, 0.1) is 36.1 Å². The van der Waals surface area contributed by atoms with Crippen LogP contribution in [0.1, 0.15) is 73.9 Å². The number of nitrogens with two attached hydrogens (primary N) is 1. The minimum atomic E-state index is -1.70. The van der Waals surface area contributed by atoms with Gasteiger partial charge >= 0.3 is 6.09 Å². The predicted molar refractivity (Wildman–Crippen MR) is 160 cm³/mol. The van der Waals surface area contributed by atoms with Crippen molar-refractivity contribution in [2.24, 2.45) is 11.7 Å². The third kappa shape index (κ3) is 5.42. The van der Waals surface area contributed by atoms with E-state index in [4.69, 9.17) is 10.5 Å². The monoisotopic (exact) mass is 606 g/mol. The normalized spacial score (nSPS) is 23.2. The van der Waals surface area contributed by atoms with E-state index in [1.54, 1.807) is 47.2 Å². The summed E-state index contributed by atoms with van der Waals surface area (Å²) in [5, 5.41) is 4.58. The third-order valence-corrected chi connectivity index (χ3v) is 9.54. The van der Waals surface area contributed by atoms with Crippen LogP contribution in [0.3, 0.4) is 0 Å². The van der Waals surface area contributed by atoms with Gasteiger partial charge in [0.25, 0.3) is 0 Å². The summed E-state index contributed by atoms with van der Waals surface area (Å²) < 4.78 is 52.5. The van der Waals surface area contributed by atoms with Crippen molar-refractivity contribution in [1.29, 1.82) is 0 Å². The van der Waals surface area contributed by atoms with E-state index in [-0.39, 0.29) is 53.6 Å². The topological polar surface area (TPSA) is 98.6 Å². The van der Waals surface area contributed by atoms with Crippen molar-refractivity contribution in [2.75, 3.05) is 14.2 Å². The molecule has 1 amide bonds. The molecule has 0 spiro atoms. The Morgan fingerprint density at radius 3 is 2.55 bits per heavy atom. The van der Waals surface area contributed by atoms with E-state index in [0.29, 0.717) is 37.0 Å². The summed E-state index contributed by atoms with van der Waals surface area (Å²) in [5.41, 5.74) is 7.48. The highest BCUT2D eigenvalue weighted by molar-refractivity contribution is 5.67. The zero-order valence-electron chi connectivity index (χ0n) is 25.1. The molecular weight excluding hydrogens is 569 g/mol. The number of carbonyl (C=O) groups excluding carboxylic acids is 1. The van der Waals surface area contributed by atoms with Crippen LogP contribution in [0.15, 0.2) is 48.9 Å². The molecule has 0 aliphatic heterocycles. The van der Waals surface area contributed by atoms with Gasteiger partial charge in [-0.1, -0.05) is 6.92 Å². The number of carbonyl (C=O) groups is 1. The number of pyridine rings is 1. The Balaban J connectivity index is 1.28. The molecule has 11 heteroatoms. The molecule has 1 aromatic carbocycles. The van der Waals surface area contributed by atoms with Crippen LogP contribution in [-0.2, 0) is 16.8 Å². The van der Waals surface area contributed by atoms with Crippen molar-refractivity contribution in [1.82, 2.24) is 24.5 Å². The fraction of sp³-hybridized carbons (Fsp3) is 0.455. The smallest absolute Gasteiger partial charge is 0.409 e. The lowest BCUT2D eigenvalue weighted by atomic mass is 9.72. The molecular formula is C33H37F3N6O2. The number of alkyl halides is 1. The second-order valence-corrected chi connectivity index (χ2v) is 12.3. The number of aromatic nitrogens is 4. The van der Waals surface area contributed by atoms with E-state index in [2.05, 4.69) is 22.0 Å². The lowest BCUT2D eigenvalue weighted by Gasteiger charge is -2.43. The molecule has 2 N–H and O–H groups in total. The van der Waals surface area contributed by atoms with E-state index >= 15 is 13.2 Å². The number of rotatable bonds is 6. The number of fused-ring (bicyclic) bond motifs is 1. The van der Waals surface area contributed by atoms with Crippen molar-refractivity contribution in [3.8, 4) is 11.3 Å². The van der Waals surface area contributed by atoms with E-state index in [1.807, 2.05) is 6.07 Å². The summed E-state index contributed by atoms with van der Waals surface area (Å²) in [6, 6.07) is 7.07. The molecule has 0 radical (unpaired) electrons. The SMILES string of the molecule is COC(=O)N(C)[C@@H]1[C@H](N)C[C@H](c2ccncc2Cc2ncc3ccc(-c4c(F)cc(C5(F)CCCC5)cc4F)nn23)C[C@@H]1C. The van der Waals surface area contributed by atoms with Gasteiger partial charge in [-0.2, -0.15) is 5.10 Å². The largest absolute Gasteiger partial charge is 0.453 e. The number of benzene rings is 1. The van der Waals surface area contributed by atoms with Crippen LogP contribution in [0.5, 0.6) is 0 Å². The average molecular weight is 607 g/mol. The molecule has 0 bridgehead atoms. The van der Waals surface area contributed by atoms with Crippen molar-refractivity contribution in [3.05, 3.63) is 83.1 Å². The highest BCUT2D eigenvalue weighted by Crippen LogP contribution is 2.44. The standard InChI is InChI=1S/C33H37F3N6O2/c1-19-12-20(13-27(37)31(19)41(2)32(43)44-3)24-8-11-38-17-21(24)14-29-39-18-23-6-7-28(40-42(23)29)30-25(34)15-22(16-26(30)35)33(36)9-4-5-10-33/h6-8,11,15-20,27,31H,4-5,9-10,12-14,37H2,1-3H3/t19-,20+,27+,31-/m0/s1. The molecule has 0 saturated heterocycles. The van der Waals surface area contributed by atoms with Gasteiger partial charge in [-0.15, -0.1) is 0 Å². The van der Waals surface area contributed by atoms with Gasteiger partial charge in [-0.05, 0) is 97.4 Å². The Bertz CT molecular complexity index is 1650. The zero-order valence-corrected chi connectivity index (χ0v) is 25.1. The number of likely N-dealkylation sites (N-methyl/N-ethyl adjacent to an activating group) is 1. The number of amides is 1.